The summed E-state index contributed by atoms with van der Waals surface area (Å²) in [6.07, 6.45) is 6.73. The molecule has 0 heteroatoms. The highest BCUT2D eigenvalue weighted by atomic mass is 14.2. The molecule has 0 fully saturated rings. The first-order chi connectivity index (χ1) is 10.8. The molecule has 0 saturated heterocycles. The fourth-order valence-corrected chi connectivity index (χ4v) is 3.67. The first kappa shape index (κ1) is 13.3. The second kappa shape index (κ2) is 5.14. The first-order valence-corrected chi connectivity index (χ1v) is 8.05. The number of rotatable bonds is 1. The number of hydrogen-bond donors (Lipinski definition) is 0. The van der Waals surface area contributed by atoms with Crippen molar-refractivity contribution in [3.05, 3.63) is 77.4 Å². The average Bonchev–Trinajstić information content (AvgIpc) is 2.55. The quantitative estimate of drug-likeness (QED) is 0.461. The summed E-state index contributed by atoms with van der Waals surface area (Å²) >= 11 is 0. The van der Waals surface area contributed by atoms with Gasteiger partial charge in [-0.3, -0.25) is 0 Å². The van der Waals surface area contributed by atoms with Crippen molar-refractivity contribution in [3.63, 3.8) is 0 Å². The Morgan fingerprint density at radius 2 is 1.64 bits per heavy atom. The maximum Gasteiger partial charge on any atom is -0.0139 e. The monoisotopic (exact) mass is 284 g/mol. The highest BCUT2D eigenvalue weighted by molar-refractivity contribution is 6.02. The van der Waals surface area contributed by atoms with Gasteiger partial charge in [-0.15, -0.1) is 0 Å². The fraction of sp³-hybridized carbons (Fsp3) is 0.182. The van der Waals surface area contributed by atoms with Gasteiger partial charge >= 0.3 is 0 Å². The van der Waals surface area contributed by atoms with Crippen molar-refractivity contribution in [2.75, 3.05) is 0 Å². The van der Waals surface area contributed by atoms with Crippen LogP contribution < -0.4 is 0 Å². The zero-order chi connectivity index (χ0) is 15.1. The van der Waals surface area contributed by atoms with Crippen LogP contribution in [0.3, 0.4) is 0 Å². The van der Waals surface area contributed by atoms with Crippen LogP contribution in [0.2, 0.25) is 0 Å². The third-order valence-electron chi connectivity index (χ3n) is 4.83. The van der Waals surface area contributed by atoms with Gasteiger partial charge in [-0.1, -0.05) is 54.1 Å². The van der Waals surface area contributed by atoms with Gasteiger partial charge in [0.05, 0.1) is 0 Å². The van der Waals surface area contributed by atoms with Crippen molar-refractivity contribution < 1.29 is 0 Å². The van der Waals surface area contributed by atoms with Crippen LogP contribution in [-0.2, 0) is 6.42 Å². The molecule has 0 nitrogen and oxygen atoms in total. The molecular weight excluding hydrogens is 264 g/mol. The van der Waals surface area contributed by atoms with Crippen LogP contribution in [0.5, 0.6) is 0 Å². The molecule has 0 aromatic heterocycles. The van der Waals surface area contributed by atoms with Crippen molar-refractivity contribution in [3.8, 4) is 0 Å². The molecule has 0 bridgehead atoms. The summed E-state index contributed by atoms with van der Waals surface area (Å²) in [5.74, 6) is 0. The third kappa shape index (κ3) is 1.99. The molecule has 0 amide bonds. The van der Waals surface area contributed by atoms with Crippen molar-refractivity contribution in [2.45, 2.75) is 26.7 Å². The van der Waals surface area contributed by atoms with Crippen LogP contribution in [0, 0.1) is 0 Å². The van der Waals surface area contributed by atoms with Gasteiger partial charge in [-0.2, -0.15) is 0 Å². The molecule has 0 radical (unpaired) electrons. The Labute approximate surface area is 131 Å². The molecule has 108 valence electrons. The van der Waals surface area contributed by atoms with E-state index in [4.69, 9.17) is 0 Å². The Bertz CT molecular complexity index is 939. The summed E-state index contributed by atoms with van der Waals surface area (Å²) in [6.45, 7) is 4.37. The lowest BCUT2D eigenvalue weighted by Gasteiger charge is -2.22. The lowest BCUT2D eigenvalue weighted by molar-refractivity contribution is 0.929. The summed E-state index contributed by atoms with van der Waals surface area (Å²) in [5, 5.41) is 5.44. The number of allylic oxidation sites excluding steroid dienone is 4. The van der Waals surface area contributed by atoms with Gasteiger partial charge in [0.15, 0.2) is 0 Å². The highest BCUT2D eigenvalue weighted by Gasteiger charge is 2.17. The van der Waals surface area contributed by atoms with E-state index in [1.54, 1.807) is 0 Å². The minimum atomic E-state index is 1.15. The molecule has 0 spiro atoms. The van der Waals surface area contributed by atoms with E-state index in [-0.39, 0.29) is 0 Å². The summed E-state index contributed by atoms with van der Waals surface area (Å²) in [5.41, 5.74) is 5.86. The van der Waals surface area contributed by atoms with Crippen LogP contribution >= 0.6 is 0 Å². The van der Waals surface area contributed by atoms with Crippen LogP contribution in [-0.4, -0.2) is 0 Å². The minimum absolute atomic E-state index is 1.15. The van der Waals surface area contributed by atoms with Gasteiger partial charge < -0.3 is 0 Å². The van der Waals surface area contributed by atoms with Crippen LogP contribution in [0.4, 0.5) is 0 Å². The second-order valence-corrected chi connectivity index (χ2v) is 6.21. The molecular formula is C22H20. The fourth-order valence-electron chi connectivity index (χ4n) is 3.67. The lowest BCUT2D eigenvalue weighted by Crippen LogP contribution is -2.03. The average molecular weight is 284 g/mol. The highest BCUT2D eigenvalue weighted by Crippen LogP contribution is 2.37. The zero-order valence-electron chi connectivity index (χ0n) is 13.2. The zero-order valence-corrected chi connectivity index (χ0v) is 13.2. The van der Waals surface area contributed by atoms with Crippen LogP contribution in [0.15, 0.2) is 66.3 Å². The van der Waals surface area contributed by atoms with Crippen LogP contribution in [0.25, 0.3) is 27.1 Å². The molecule has 4 rings (SSSR count). The van der Waals surface area contributed by atoms with E-state index in [9.17, 15) is 0 Å². The molecule has 0 atom stereocenters. The van der Waals surface area contributed by atoms with Gasteiger partial charge in [0.2, 0.25) is 0 Å². The smallest absolute Gasteiger partial charge is 0.0139 e. The topological polar surface area (TPSA) is 0 Å². The van der Waals surface area contributed by atoms with E-state index < -0.39 is 0 Å². The number of fused-ring (bicyclic) bond motifs is 4. The molecule has 0 saturated carbocycles. The predicted molar refractivity (Wildman–Crippen MR) is 97.2 cm³/mol. The van der Waals surface area contributed by atoms with Crippen LogP contribution in [0.1, 0.15) is 31.4 Å². The summed E-state index contributed by atoms with van der Waals surface area (Å²) in [6, 6.07) is 17.9. The molecule has 3 aromatic rings. The standard InChI is InChI=1S/C22H20/c1-3-6-19-15(2)9-11-21-20(19)12-10-18-13-16-7-4-5-8-17(16)14-22(18)21/h3-8,10,12-14H,9,11H2,1-2H3/b6-3-. The van der Waals surface area contributed by atoms with Gasteiger partial charge in [0.1, 0.15) is 0 Å². The molecule has 0 aliphatic heterocycles. The Morgan fingerprint density at radius 3 is 2.41 bits per heavy atom. The third-order valence-corrected chi connectivity index (χ3v) is 4.83. The largest absolute Gasteiger partial charge is 0.0870 e. The van der Waals surface area contributed by atoms with Gasteiger partial charge in [0.25, 0.3) is 0 Å². The van der Waals surface area contributed by atoms with E-state index in [0.29, 0.717) is 0 Å². The second-order valence-electron chi connectivity index (χ2n) is 6.21. The van der Waals surface area contributed by atoms with Gasteiger partial charge in [-0.25, -0.2) is 0 Å². The van der Waals surface area contributed by atoms with E-state index in [0.717, 1.165) is 6.42 Å². The van der Waals surface area contributed by atoms with Crippen molar-refractivity contribution in [1.29, 1.82) is 0 Å². The SMILES string of the molecule is C/C=C\C1=C(C)CCc2c1ccc1cc3ccccc3cc21. The maximum absolute atomic E-state index is 2.37. The van der Waals surface area contributed by atoms with E-state index in [1.165, 1.54) is 50.2 Å². The molecule has 0 heterocycles. The van der Waals surface area contributed by atoms with Crippen molar-refractivity contribution >= 4 is 27.1 Å². The normalized spacial score (nSPS) is 15.0. The summed E-state index contributed by atoms with van der Waals surface area (Å²) < 4.78 is 0. The molecule has 1 aliphatic carbocycles. The predicted octanol–water partition coefficient (Wildman–Crippen LogP) is 6.29. The van der Waals surface area contributed by atoms with Gasteiger partial charge in [0, 0.05) is 0 Å². The van der Waals surface area contributed by atoms with Crippen molar-refractivity contribution in [1.82, 2.24) is 0 Å². The summed E-state index contributed by atoms with van der Waals surface area (Å²) in [4.78, 5) is 0. The first-order valence-electron chi connectivity index (χ1n) is 8.05. The van der Waals surface area contributed by atoms with Gasteiger partial charge in [-0.05, 0) is 77.1 Å². The van der Waals surface area contributed by atoms with E-state index in [2.05, 4.69) is 74.5 Å². The molecule has 3 aromatic carbocycles. The Balaban J connectivity index is 2.06. The summed E-state index contributed by atoms with van der Waals surface area (Å²) in [7, 11) is 0. The lowest BCUT2D eigenvalue weighted by atomic mass is 9.83. The Hall–Kier alpha value is -2.34. The maximum atomic E-state index is 2.37. The van der Waals surface area contributed by atoms with Crippen molar-refractivity contribution in [2.24, 2.45) is 0 Å². The Morgan fingerprint density at radius 1 is 0.864 bits per heavy atom. The molecule has 22 heavy (non-hydrogen) atoms. The molecule has 1 aliphatic rings. The number of hydrogen-bond acceptors (Lipinski definition) is 0. The Kier molecular flexibility index (Phi) is 3.11. The number of aryl methyl sites for hydroxylation is 1. The minimum Gasteiger partial charge on any atom is -0.0870 e. The molecule has 0 N–H and O–H groups in total. The van der Waals surface area contributed by atoms with E-state index >= 15 is 0 Å². The number of benzene rings is 3. The molecule has 0 unspecified atom stereocenters. The van der Waals surface area contributed by atoms with E-state index in [1.807, 2.05) is 0 Å².